The molecule has 0 amide bonds. The first-order valence-corrected chi connectivity index (χ1v) is 6.97. The van der Waals surface area contributed by atoms with Gasteiger partial charge in [0.25, 0.3) is 0 Å². The monoisotopic (exact) mass is 298 g/mol. The van der Waals surface area contributed by atoms with Crippen LogP contribution in [-0.4, -0.2) is 49.2 Å². The van der Waals surface area contributed by atoms with Gasteiger partial charge >= 0.3 is 0 Å². The summed E-state index contributed by atoms with van der Waals surface area (Å²) in [6.07, 6.45) is 0. The topological polar surface area (TPSA) is 65.1 Å². The number of likely N-dealkylation sites (N-methyl/N-ethyl adjacent to an activating group) is 2. The predicted octanol–water partition coefficient (Wildman–Crippen LogP) is 2.21. The fourth-order valence-corrected chi connectivity index (χ4v) is 2.59. The molecule has 0 spiro atoms. The summed E-state index contributed by atoms with van der Waals surface area (Å²) in [5.74, 6) is 0.0582. The highest BCUT2D eigenvalue weighted by molar-refractivity contribution is 6.33. The Balaban J connectivity index is 3.05. The molecule has 0 bridgehead atoms. The van der Waals surface area contributed by atoms with Crippen LogP contribution in [0.4, 0.5) is 5.69 Å². The fourth-order valence-electron chi connectivity index (χ4n) is 2.30. The van der Waals surface area contributed by atoms with E-state index in [1.165, 1.54) is 0 Å². The van der Waals surface area contributed by atoms with Gasteiger partial charge in [-0.1, -0.05) is 16.8 Å². The number of hydrogen-bond donors (Lipinski definition) is 2. The maximum atomic E-state index is 8.70. The largest absolute Gasteiger partial charge is 0.409 e. The number of rotatable bonds is 6. The first kappa shape index (κ1) is 16.6. The number of oxime groups is 1. The average molecular weight is 299 g/mol. The molecule has 0 radical (unpaired) electrons. The fraction of sp³-hybridized carbons (Fsp3) is 0.500. The second-order valence-corrected chi connectivity index (χ2v) is 5.46. The van der Waals surface area contributed by atoms with Gasteiger partial charge in [-0.05, 0) is 46.1 Å². The van der Waals surface area contributed by atoms with Gasteiger partial charge in [0.05, 0.1) is 10.7 Å². The molecule has 1 rings (SSSR count). The number of nitrogens with two attached hydrogens (primary N) is 1. The SMILES string of the molecule is CCN(c1ccc(/C(N)=N/O)cc1Cl)C(C)CN(C)C. The van der Waals surface area contributed by atoms with Crippen molar-refractivity contribution in [3.05, 3.63) is 28.8 Å². The second kappa shape index (κ2) is 7.36. The van der Waals surface area contributed by atoms with Crippen molar-refractivity contribution in [2.75, 3.05) is 32.1 Å². The quantitative estimate of drug-likeness (QED) is 0.366. The zero-order valence-electron chi connectivity index (χ0n) is 12.5. The molecule has 3 N–H and O–H groups in total. The molecule has 0 fully saturated rings. The smallest absolute Gasteiger partial charge is 0.170 e. The molecule has 0 aliphatic heterocycles. The Hall–Kier alpha value is -1.46. The Kier molecular flexibility index (Phi) is 6.10. The van der Waals surface area contributed by atoms with E-state index in [4.69, 9.17) is 22.5 Å². The summed E-state index contributed by atoms with van der Waals surface area (Å²) in [6, 6.07) is 5.77. The lowest BCUT2D eigenvalue weighted by Crippen LogP contribution is -2.40. The van der Waals surface area contributed by atoms with Gasteiger partial charge in [-0.3, -0.25) is 0 Å². The van der Waals surface area contributed by atoms with E-state index < -0.39 is 0 Å². The van der Waals surface area contributed by atoms with Crippen LogP contribution in [0.2, 0.25) is 5.02 Å². The molecule has 0 aromatic heterocycles. The number of anilines is 1. The molecule has 0 heterocycles. The molecule has 20 heavy (non-hydrogen) atoms. The van der Waals surface area contributed by atoms with Crippen LogP contribution < -0.4 is 10.6 Å². The summed E-state index contributed by atoms with van der Waals surface area (Å²) >= 11 is 6.34. The third-order valence-corrected chi connectivity index (χ3v) is 3.47. The van der Waals surface area contributed by atoms with Gasteiger partial charge in [0.2, 0.25) is 0 Å². The van der Waals surface area contributed by atoms with Crippen LogP contribution in [0.15, 0.2) is 23.4 Å². The van der Waals surface area contributed by atoms with Crippen LogP contribution in [0.25, 0.3) is 0 Å². The molecule has 112 valence electrons. The highest BCUT2D eigenvalue weighted by atomic mass is 35.5. The first-order valence-electron chi connectivity index (χ1n) is 6.59. The van der Waals surface area contributed by atoms with Crippen molar-refractivity contribution < 1.29 is 5.21 Å². The predicted molar refractivity (Wildman–Crippen MR) is 85.0 cm³/mol. The maximum Gasteiger partial charge on any atom is 0.170 e. The van der Waals surface area contributed by atoms with E-state index in [2.05, 4.69) is 28.8 Å². The van der Waals surface area contributed by atoms with E-state index in [9.17, 15) is 0 Å². The Bertz CT molecular complexity index is 476. The standard InChI is InChI=1S/C14H23ClN4O/c1-5-19(10(2)9-18(3)4)13-7-6-11(8-12(13)15)14(16)17-20/h6-8,10,20H,5,9H2,1-4H3,(H2,16,17). The van der Waals surface area contributed by atoms with Crippen molar-refractivity contribution >= 4 is 23.1 Å². The Morgan fingerprint density at radius 2 is 2.10 bits per heavy atom. The minimum absolute atomic E-state index is 0.0582. The molecular formula is C14H23ClN4O. The molecule has 0 saturated carbocycles. The summed E-state index contributed by atoms with van der Waals surface area (Å²) in [5.41, 5.74) is 7.13. The van der Waals surface area contributed by atoms with Gasteiger partial charge in [-0.15, -0.1) is 0 Å². The third-order valence-electron chi connectivity index (χ3n) is 3.16. The van der Waals surface area contributed by atoms with Crippen molar-refractivity contribution in [3.63, 3.8) is 0 Å². The highest BCUT2D eigenvalue weighted by Gasteiger charge is 2.17. The van der Waals surface area contributed by atoms with Crippen molar-refractivity contribution in [3.8, 4) is 0 Å². The van der Waals surface area contributed by atoms with E-state index >= 15 is 0 Å². The molecule has 0 aliphatic rings. The summed E-state index contributed by atoms with van der Waals surface area (Å²) in [7, 11) is 4.10. The van der Waals surface area contributed by atoms with Gasteiger partial charge in [-0.2, -0.15) is 0 Å². The summed E-state index contributed by atoms with van der Waals surface area (Å²) in [4.78, 5) is 4.38. The lowest BCUT2D eigenvalue weighted by atomic mass is 10.1. The van der Waals surface area contributed by atoms with E-state index in [0.29, 0.717) is 16.6 Å². The van der Waals surface area contributed by atoms with Crippen molar-refractivity contribution in [2.24, 2.45) is 10.9 Å². The second-order valence-electron chi connectivity index (χ2n) is 5.05. The summed E-state index contributed by atoms with van der Waals surface area (Å²) in [6.45, 7) is 6.06. The van der Waals surface area contributed by atoms with E-state index in [1.54, 1.807) is 12.1 Å². The normalized spacial score (nSPS) is 13.6. The molecular weight excluding hydrogens is 276 g/mol. The van der Waals surface area contributed by atoms with Crippen molar-refractivity contribution in [1.82, 2.24) is 4.90 Å². The Morgan fingerprint density at radius 3 is 2.55 bits per heavy atom. The minimum Gasteiger partial charge on any atom is -0.409 e. The van der Waals surface area contributed by atoms with Crippen molar-refractivity contribution in [1.29, 1.82) is 0 Å². The third kappa shape index (κ3) is 4.02. The van der Waals surface area contributed by atoms with E-state index in [1.807, 2.05) is 20.2 Å². The van der Waals surface area contributed by atoms with E-state index in [-0.39, 0.29) is 5.84 Å². The molecule has 1 unspecified atom stereocenters. The number of nitrogens with zero attached hydrogens (tertiary/aromatic N) is 3. The maximum absolute atomic E-state index is 8.70. The van der Waals surface area contributed by atoms with Crippen LogP contribution in [-0.2, 0) is 0 Å². The molecule has 0 aliphatic carbocycles. The van der Waals surface area contributed by atoms with Gasteiger partial charge in [0, 0.05) is 24.7 Å². The zero-order chi connectivity index (χ0) is 15.3. The molecule has 1 aromatic rings. The summed E-state index contributed by atoms with van der Waals surface area (Å²) < 4.78 is 0. The number of amidine groups is 1. The molecule has 1 atom stereocenters. The highest BCUT2D eigenvalue weighted by Crippen LogP contribution is 2.28. The lowest BCUT2D eigenvalue weighted by molar-refractivity contribution is 0.318. The van der Waals surface area contributed by atoms with Crippen LogP contribution in [0.1, 0.15) is 19.4 Å². The lowest BCUT2D eigenvalue weighted by Gasteiger charge is -2.32. The molecule has 6 heteroatoms. The van der Waals surface area contributed by atoms with Gasteiger partial charge in [0.1, 0.15) is 0 Å². The zero-order valence-corrected chi connectivity index (χ0v) is 13.2. The van der Waals surface area contributed by atoms with Gasteiger partial charge < -0.3 is 20.7 Å². The van der Waals surface area contributed by atoms with Crippen molar-refractivity contribution in [2.45, 2.75) is 19.9 Å². The Labute approximate surface area is 125 Å². The summed E-state index contributed by atoms with van der Waals surface area (Å²) in [5, 5.41) is 12.3. The number of benzene rings is 1. The average Bonchev–Trinajstić information content (AvgIpc) is 2.39. The van der Waals surface area contributed by atoms with E-state index in [0.717, 1.165) is 18.8 Å². The number of hydrogen-bond acceptors (Lipinski definition) is 4. The number of halogens is 1. The van der Waals surface area contributed by atoms with Crippen LogP contribution in [0.3, 0.4) is 0 Å². The first-order chi connectivity index (χ1) is 9.40. The van der Waals surface area contributed by atoms with Crippen LogP contribution in [0.5, 0.6) is 0 Å². The van der Waals surface area contributed by atoms with Gasteiger partial charge in [-0.25, -0.2) is 0 Å². The van der Waals surface area contributed by atoms with Crippen LogP contribution in [0, 0.1) is 0 Å². The Morgan fingerprint density at radius 1 is 1.45 bits per heavy atom. The molecule has 5 nitrogen and oxygen atoms in total. The minimum atomic E-state index is 0.0582. The molecule has 1 aromatic carbocycles. The molecule has 0 saturated heterocycles. The van der Waals surface area contributed by atoms with Crippen LogP contribution >= 0.6 is 11.6 Å². The van der Waals surface area contributed by atoms with Gasteiger partial charge in [0.15, 0.2) is 5.84 Å².